The van der Waals surface area contributed by atoms with Gasteiger partial charge in [-0.15, -0.1) is 10.2 Å². The SMILES string of the molecule is CCn1c(SCC(=O)Nc2cccc(C(=O)N3CCCC3)c2C)nnc1-c1ccco1. The topological polar surface area (TPSA) is 93.3 Å². The number of benzene rings is 1. The van der Waals surface area contributed by atoms with Crippen LogP contribution in [0.15, 0.2) is 46.2 Å². The summed E-state index contributed by atoms with van der Waals surface area (Å²) in [7, 11) is 0. The Morgan fingerprint density at radius 1 is 1.16 bits per heavy atom. The van der Waals surface area contributed by atoms with Crippen LogP contribution in [0.4, 0.5) is 5.69 Å². The van der Waals surface area contributed by atoms with Crippen LogP contribution < -0.4 is 5.32 Å². The van der Waals surface area contributed by atoms with Gasteiger partial charge in [0.15, 0.2) is 16.7 Å². The number of likely N-dealkylation sites (tertiary alicyclic amines) is 1. The summed E-state index contributed by atoms with van der Waals surface area (Å²) in [6, 6.07) is 9.08. The van der Waals surface area contributed by atoms with Crippen molar-refractivity contribution in [2.75, 3.05) is 24.2 Å². The molecule has 4 rings (SSSR count). The van der Waals surface area contributed by atoms with Gasteiger partial charge in [0, 0.05) is 30.9 Å². The molecular weight excluding hydrogens is 414 g/mol. The van der Waals surface area contributed by atoms with Crippen LogP contribution in [0.2, 0.25) is 0 Å². The first kappa shape index (κ1) is 21.2. The number of rotatable bonds is 7. The number of thioether (sulfide) groups is 1. The Kier molecular flexibility index (Phi) is 6.41. The van der Waals surface area contributed by atoms with E-state index in [4.69, 9.17) is 4.42 Å². The first-order chi connectivity index (χ1) is 15.1. The lowest BCUT2D eigenvalue weighted by Gasteiger charge is -2.18. The summed E-state index contributed by atoms with van der Waals surface area (Å²) in [6.45, 7) is 6.11. The fourth-order valence-corrected chi connectivity index (χ4v) is 4.48. The third-order valence-corrected chi connectivity index (χ3v) is 6.31. The zero-order chi connectivity index (χ0) is 21.8. The van der Waals surface area contributed by atoms with Crippen LogP contribution in [0, 0.1) is 6.92 Å². The predicted molar refractivity (Wildman–Crippen MR) is 119 cm³/mol. The minimum absolute atomic E-state index is 0.0296. The highest BCUT2D eigenvalue weighted by molar-refractivity contribution is 7.99. The van der Waals surface area contributed by atoms with Gasteiger partial charge in [0.05, 0.1) is 12.0 Å². The second kappa shape index (κ2) is 9.38. The number of hydrogen-bond donors (Lipinski definition) is 1. The average Bonchev–Trinajstić information content (AvgIpc) is 3.54. The molecule has 9 heteroatoms. The van der Waals surface area contributed by atoms with Gasteiger partial charge in [-0.3, -0.25) is 14.2 Å². The molecule has 1 saturated heterocycles. The van der Waals surface area contributed by atoms with Crippen molar-refractivity contribution in [2.45, 2.75) is 38.4 Å². The zero-order valence-corrected chi connectivity index (χ0v) is 18.4. The smallest absolute Gasteiger partial charge is 0.254 e. The van der Waals surface area contributed by atoms with E-state index in [1.165, 1.54) is 11.8 Å². The van der Waals surface area contributed by atoms with Crippen molar-refractivity contribution in [2.24, 2.45) is 0 Å². The van der Waals surface area contributed by atoms with Crippen LogP contribution in [-0.2, 0) is 11.3 Å². The summed E-state index contributed by atoms with van der Waals surface area (Å²) in [5, 5.41) is 12.0. The van der Waals surface area contributed by atoms with Gasteiger partial charge in [-0.05, 0) is 56.5 Å². The molecule has 0 spiro atoms. The van der Waals surface area contributed by atoms with Gasteiger partial charge in [0.1, 0.15) is 0 Å². The number of nitrogens with one attached hydrogen (secondary N) is 1. The molecule has 3 aromatic rings. The Hall–Kier alpha value is -3.07. The van der Waals surface area contributed by atoms with E-state index in [-0.39, 0.29) is 17.6 Å². The van der Waals surface area contributed by atoms with Crippen LogP contribution in [0.3, 0.4) is 0 Å². The number of carbonyl (C=O) groups excluding carboxylic acids is 2. The highest BCUT2D eigenvalue weighted by atomic mass is 32.2. The molecule has 0 unspecified atom stereocenters. The molecule has 2 aromatic heterocycles. The fraction of sp³-hybridized carbons (Fsp3) is 0.364. The number of carbonyl (C=O) groups is 2. The Balaban J connectivity index is 1.42. The molecule has 0 aliphatic carbocycles. The van der Waals surface area contributed by atoms with E-state index < -0.39 is 0 Å². The molecule has 1 aliphatic heterocycles. The number of amides is 2. The molecule has 31 heavy (non-hydrogen) atoms. The van der Waals surface area contributed by atoms with Gasteiger partial charge in [-0.1, -0.05) is 17.8 Å². The van der Waals surface area contributed by atoms with E-state index in [1.807, 2.05) is 47.6 Å². The zero-order valence-electron chi connectivity index (χ0n) is 17.6. The predicted octanol–water partition coefficient (Wildman–Crippen LogP) is 3.83. The van der Waals surface area contributed by atoms with Gasteiger partial charge in [0.2, 0.25) is 5.91 Å². The molecule has 2 amide bonds. The maximum absolute atomic E-state index is 12.8. The minimum Gasteiger partial charge on any atom is -0.461 e. The van der Waals surface area contributed by atoms with E-state index in [9.17, 15) is 9.59 Å². The molecule has 1 aromatic carbocycles. The van der Waals surface area contributed by atoms with Gasteiger partial charge in [0.25, 0.3) is 5.91 Å². The molecule has 162 valence electrons. The monoisotopic (exact) mass is 439 g/mol. The molecule has 0 atom stereocenters. The van der Waals surface area contributed by atoms with Crippen LogP contribution in [0.25, 0.3) is 11.6 Å². The minimum atomic E-state index is -0.163. The lowest BCUT2D eigenvalue weighted by Crippen LogP contribution is -2.28. The van der Waals surface area contributed by atoms with Crippen LogP contribution >= 0.6 is 11.8 Å². The molecule has 1 fully saturated rings. The lowest BCUT2D eigenvalue weighted by molar-refractivity contribution is -0.113. The number of nitrogens with zero attached hydrogens (tertiary/aromatic N) is 4. The normalized spacial score (nSPS) is 13.5. The largest absolute Gasteiger partial charge is 0.461 e. The summed E-state index contributed by atoms with van der Waals surface area (Å²) >= 11 is 1.31. The van der Waals surface area contributed by atoms with Crippen molar-refractivity contribution < 1.29 is 14.0 Å². The second-order valence-electron chi connectivity index (χ2n) is 7.34. The van der Waals surface area contributed by atoms with E-state index >= 15 is 0 Å². The molecule has 0 bridgehead atoms. The van der Waals surface area contributed by atoms with E-state index in [0.29, 0.717) is 34.5 Å². The Bertz CT molecular complexity index is 1070. The molecular formula is C22H25N5O3S. The van der Waals surface area contributed by atoms with E-state index in [1.54, 1.807) is 12.3 Å². The maximum atomic E-state index is 12.8. The Morgan fingerprint density at radius 2 is 1.97 bits per heavy atom. The van der Waals surface area contributed by atoms with Crippen LogP contribution in [0.5, 0.6) is 0 Å². The summed E-state index contributed by atoms with van der Waals surface area (Å²) in [5.74, 6) is 1.33. The molecule has 8 nitrogen and oxygen atoms in total. The van der Waals surface area contributed by atoms with E-state index in [0.717, 1.165) is 31.5 Å². The van der Waals surface area contributed by atoms with Gasteiger partial charge >= 0.3 is 0 Å². The molecule has 0 saturated carbocycles. The first-order valence-electron chi connectivity index (χ1n) is 10.4. The quantitative estimate of drug-likeness (QED) is 0.563. The third kappa shape index (κ3) is 4.51. The second-order valence-corrected chi connectivity index (χ2v) is 8.28. The van der Waals surface area contributed by atoms with Crippen molar-refractivity contribution in [3.05, 3.63) is 47.7 Å². The molecule has 1 aliphatic rings. The number of hydrogen-bond acceptors (Lipinski definition) is 6. The van der Waals surface area contributed by atoms with Crippen LogP contribution in [-0.4, -0.2) is 50.3 Å². The number of aromatic nitrogens is 3. The number of furan rings is 1. The summed E-state index contributed by atoms with van der Waals surface area (Å²) in [6.07, 6.45) is 3.68. The maximum Gasteiger partial charge on any atom is 0.254 e. The number of anilines is 1. The summed E-state index contributed by atoms with van der Waals surface area (Å²) in [5.41, 5.74) is 2.08. The van der Waals surface area contributed by atoms with E-state index in [2.05, 4.69) is 15.5 Å². The lowest BCUT2D eigenvalue weighted by atomic mass is 10.1. The van der Waals surface area contributed by atoms with Crippen molar-refractivity contribution >= 4 is 29.3 Å². The van der Waals surface area contributed by atoms with Crippen LogP contribution in [0.1, 0.15) is 35.7 Å². The Morgan fingerprint density at radius 3 is 2.68 bits per heavy atom. The fourth-order valence-electron chi connectivity index (χ4n) is 3.68. The summed E-state index contributed by atoms with van der Waals surface area (Å²) in [4.78, 5) is 27.3. The highest BCUT2D eigenvalue weighted by Crippen LogP contribution is 2.25. The van der Waals surface area contributed by atoms with Crippen molar-refractivity contribution in [3.63, 3.8) is 0 Å². The standard InChI is InChI=1S/C22H25N5O3S/c1-3-27-20(18-10-7-13-30-18)24-25-22(27)31-14-19(28)23-17-9-6-8-16(15(17)2)21(29)26-11-4-5-12-26/h6-10,13H,3-5,11-12,14H2,1-2H3,(H,23,28). The van der Waals surface area contributed by atoms with Crippen molar-refractivity contribution in [3.8, 4) is 11.6 Å². The van der Waals surface area contributed by atoms with Gasteiger partial charge in [-0.2, -0.15) is 0 Å². The molecule has 3 heterocycles. The molecule has 0 radical (unpaired) electrons. The molecule has 1 N–H and O–H groups in total. The van der Waals surface area contributed by atoms with Gasteiger partial charge < -0.3 is 14.6 Å². The first-order valence-corrected chi connectivity index (χ1v) is 11.4. The average molecular weight is 440 g/mol. The van der Waals surface area contributed by atoms with Crippen molar-refractivity contribution in [1.29, 1.82) is 0 Å². The Labute approximate surface area is 185 Å². The van der Waals surface area contributed by atoms with Gasteiger partial charge in [-0.25, -0.2) is 0 Å². The third-order valence-electron chi connectivity index (χ3n) is 5.34. The summed E-state index contributed by atoms with van der Waals surface area (Å²) < 4.78 is 7.33. The highest BCUT2D eigenvalue weighted by Gasteiger charge is 2.22. The van der Waals surface area contributed by atoms with Crippen molar-refractivity contribution in [1.82, 2.24) is 19.7 Å².